The van der Waals surface area contributed by atoms with Crippen LogP contribution in [0, 0.1) is 0 Å². The van der Waals surface area contributed by atoms with Gasteiger partial charge in [0, 0.05) is 24.7 Å². The van der Waals surface area contributed by atoms with Crippen LogP contribution in [0.5, 0.6) is 0 Å². The van der Waals surface area contributed by atoms with Crippen LogP contribution < -0.4 is 10.6 Å². The monoisotopic (exact) mass is 293 g/mol. The van der Waals surface area contributed by atoms with E-state index in [-0.39, 0.29) is 11.9 Å². The number of hydrogen-bond acceptors (Lipinski definition) is 5. The molecule has 108 valence electrons. The third-order valence-corrected chi connectivity index (χ3v) is 3.88. The molecule has 0 saturated carbocycles. The summed E-state index contributed by atoms with van der Waals surface area (Å²) in [4.78, 5) is 16.6. The predicted molar refractivity (Wildman–Crippen MR) is 80.1 cm³/mol. The Morgan fingerprint density at radius 1 is 1.55 bits per heavy atom. The Morgan fingerprint density at radius 2 is 2.30 bits per heavy atom. The molecule has 2 aromatic heterocycles. The Morgan fingerprint density at radius 3 is 2.95 bits per heavy atom. The quantitative estimate of drug-likeness (QED) is 0.884. The lowest BCUT2D eigenvalue weighted by Gasteiger charge is -2.05. The molecule has 2 aromatic rings. The molecule has 20 heavy (non-hydrogen) atoms. The molecule has 0 bridgehead atoms. The summed E-state index contributed by atoms with van der Waals surface area (Å²) in [5.41, 5.74) is 2.33. The van der Waals surface area contributed by atoms with E-state index in [4.69, 9.17) is 0 Å². The number of nitrogens with zero attached hydrogens (tertiary/aromatic N) is 3. The molecule has 6 nitrogen and oxygen atoms in total. The highest BCUT2D eigenvalue weighted by molar-refractivity contribution is 7.14. The van der Waals surface area contributed by atoms with Gasteiger partial charge in [0.1, 0.15) is 0 Å². The number of aromatic nitrogens is 3. The number of amides is 1. The number of rotatable bonds is 5. The van der Waals surface area contributed by atoms with Gasteiger partial charge < -0.3 is 5.32 Å². The Hall–Kier alpha value is -1.73. The molecule has 0 saturated heterocycles. The minimum absolute atomic E-state index is 0.159. The minimum atomic E-state index is -0.159. The maximum Gasteiger partial charge on any atom is 0.260 e. The van der Waals surface area contributed by atoms with Gasteiger partial charge in [-0.1, -0.05) is 6.92 Å². The van der Waals surface area contributed by atoms with Crippen LogP contribution in [0.25, 0.3) is 0 Å². The molecule has 1 unspecified atom stereocenters. The van der Waals surface area contributed by atoms with E-state index in [1.165, 1.54) is 11.3 Å². The van der Waals surface area contributed by atoms with Crippen LogP contribution in [-0.4, -0.2) is 27.7 Å². The highest BCUT2D eigenvalue weighted by Gasteiger charge is 2.16. The Kier molecular flexibility index (Phi) is 4.51. The zero-order valence-electron chi connectivity index (χ0n) is 12.1. The van der Waals surface area contributed by atoms with Crippen molar-refractivity contribution in [3.05, 3.63) is 28.5 Å². The smallest absolute Gasteiger partial charge is 0.260 e. The number of carbonyl (C=O) groups is 1. The Balaban J connectivity index is 2.13. The van der Waals surface area contributed by atoms with Crippen LogP contribution in [0.3, 0.4) is 0 Å². The standard InChI is InChI=1S/C13H19N5OS/c1-5-10-9(6-18(4)17-10)12(19)16-13-15-11(7-20-13)8(2)14-3/h6-8,14H,5H2,1-4H3,(H,15,16,19). The van der Waals surface area contributed by atoms with Gasteiger partial charge in [-0.15, -0.1) is 11.3 Å². The first-order valence-corrected chi connectivity index (χ1v) is 7.39. The highest BCUT2D eigenvalue weighted by Crippen LogP contribution is 2.21. The molecule has 0 spiro atoms. The summed E-state index contributed by atoms with van der Waals surface area (Å²) < 4.78 is 1.66. The summed E-state index contributed by atoms with van der Waals surface area (Å²) in [5.74, 6) is -0.159. The summed E-state index contributed by atoms with van der Waals surface area (Å²) in [7, 11) is 3.69. The number of aryl methyl sites for hydroxylation is 2. The first-order chi connectivity index (χ1) is 9.55. The summed E-state index contributed by atoms with van der Waals surface area (Å²) in [6.45, 7) is 4.01. The molecule has 2 heterocycles. The lowest BCUT2D eigenvalue weighted by molar-refractivity contribution is 0.102. The zero-order chi connectivity index (χ0) is 14.7. The number of carbonyl (C=O) groups excluding carboxylic acids is 1. The highest BCUT2D eigenvalue weighted by atomic mass is 32.1. The molecule has 1 amide bonds. The lowest BCUT2D eigenvalue weighted by atomic mass is 10.2. The number of nitrogens with one attached hydrogen (secondary N) is 2. The predicted octanol–water partition coefficient (Wildman–Crippen LogP) is 1.97. The second kappa shape index (κ2) is 6.15. The van der Waals surface area contributed by atoms with Crippen molar-refractivity contribution >= 4 is 22.4 Å². The fraction of sp³-hybridized carbons (Fsp3) is 0.462. The molecule has 0 fully saturated rings. The Labute approximate surface area is 122 Å². The largest absolute Gasteiger partial charge is 0.312 e. The topological polar surface area (TPSA) is 71.8 Å². The average Bonchev–Trinajstić information content (AvgIpc) is 3.04. The molecule has 0 aliphatic carbocycles. The van der Waals surface area contributed by atoms with Crippen molar-refractivity contribution in [2.45, 2.75) is 26.3 Å². The second-order valence-corrected chi connectivity index (χ2v) is 5.42. The van der Waals surface area contributed by atoms with Gasteiger partial charge in [-0.05, 0) is 20.4 Å². The van der Waals surface area contributed by atoms with Crippen molar-refractivity contribution in [2.24, 2.45) is 7.05 Å². The third kappa shape index (κ3) is 3.05. The van der Waals surface area contributed by atoms with E-state index in [0.717, 1.165) is 17.8 Å². The van der Waals surface area contributed by atoms with E-state index in [1.54, 1.807) is 10.9 Å². The first-order valence-electron chi connectivity index (χ1n) is 6.51. The second-order valence-electron chi connectivity index (χ2n) is 4.56. The van der Waals surface area contributed by atoms with E-state index in [9.17, 15) is 4.79 Å². The first kappa shape index (κ1) is 14.7. The van der Waals surface area contributed by atoms with Crippen molar-refractivity contribution < 1.29 is 4.79 Å². The SMILES string of the molecule is CCc1nn(C)cc1C(=O)Nc1nc(C(C)NC)cs1. The molecule has 7 heteroatoms. The van der Waals surface area contributed by atoms with E-state index in [1.807, 2.05) is 33.3 Å². The van der Waals surface area contributed by atoms with Crippen LogP contribution in [0.4, 0.5) is 5.13 Å². The minimum Gasteiger partial charge on any atom is -0.312 e. The van der Waals surface area contributed by atoms with Crippen molar-refractivity contribution in [3.63, 3.8) is 0 Å². The van der Waals surface area contributed by atoms with Gasteiger partial charge in [-0.25, -0.2) is 4.98 Å². The van der Waals surface area contributed by atoms with Crippen LogP contribution in [0.2, 0.25) is 0 Å². The fourth-order valence-electron chi connectivity index (χ4n) is 1.84. The van der Waals surface area contributed by atoms with Gasteiger partial charge in [-0.3, -0.25) is 14.8 Å². The van der Waals surface area contributed by atoms with Crippen LogP contribution in [0.15, 0.2) is 11.6 Å². The molecule has 1 atom stereocenters. The van der Waals surface area contributed by atoms with Gasteiger partial charge in [0.05, 0.1) is 17.0 Å². The normalized spacial score (nSPS) is 12.4. The summed E-state index contributed by atoms with van der Waals surface area (Å²) in [5, 5.41) is 12.8. The molecule has 0 aliphatic rings. The van der Waals surface area contributed by atoms with Crippen LogP contribution >= 0.6 is 11.3 Å². The number of anilines is 1. The van der Waals surface area contributed by atoms with Gasteiger partial charge >= 0.3 is 0 Å². The van der Waals surface area contributed by atoms with E-state index in [2.05, 4.69) is 20.7 Å². The van der Waals surface area contributed by atoms with Crippen molar-refractivity contribution in [1.29, 1.82) is 0 Å². The zero-order valence-corrected chi connectivity index (χ0v) is 12.9. The van der Waals surface area contributed by atoms with Gasteiger partial charge in [0.25, 0.3) is 5.91 Å². The third-order valence-electron chi connectivity index (χ3n) is 3.10. The maximum atomic E-state index is 12.2. The molecule has 0 aliphatic heterocycles. The van der Waals surface area contributed by atoms with Crippen molar-refractivity contribution in [3.8, 4) is 0 Å². The molecular weight excluding hydrogens is 274 g/mol. The van der Waals surface area contributed by atoms with Gasteiger partial charge in [0.15, 0.2) is 5.13 Å². The summed E-state index contributed by atoms with van der Waals surface area (Å²) >= 11 is 1.43. The number of thiazole rings is 1. The van der Waals surface area contributed by atoms with Gasteiger partial charge in [-0.2, -0.15) is 5.10 Å². The summed E-state index contributed by atoms with van der Waals surface area (Å²) in [6.07, 6.45) is 2.46. The van der Waals surface area contributed by atoms with Crippen molar-refractivity contribution in [2.75, 3.05) is 12.4 Å². The Bertz CT molecular complexity index is 604. The maximum absolute atomic E-state index is 12.2. The average molecular weight is 293 g/mol. The van der Waals surface area contributed by atoms with E-state index >= 15 is 0 Å². The molecule has 2 rings (SSSR count). The number of hydrogen-bond donors (Lipinski definition) is 2. The molecular formula is C13H19N5OS. The lowest BCUT2D eigenvalue weighted by Crippen LogP contribution is -2.14. The fourth-order valence-corrected chi connectivity index (χ4v) is 2.64. The van der Waals surface area contributed by atoms with E-state index < -0.39 is 0 Å². The van der Waals surface area contributed by atoms with E-state index in [0.29, 0.717) is 10.7 Å². The van der Waals surface area contributed by atoms with Crippen molar-refractivity contribution in [1.82, 2.24) is 20.1 Å². The molecule has 0 aromatic carbocycles. The molecule has 2 N–H and O–H groups in total. The molecule has 0 radical (unpaired) electrons. The van der Waals surface area contributed by atoms with Crippen LogP contribution in [0.1, 0.15) is 41.6 Å². The summed E-state index contributed by atoms with van der Waals surface area (Å²) in [6, 6.07) is 0.168. The van der Waals surface area contributed by atoms with Crippen LogP contribution in [-0.2, 0) is 13.5 Å². The van der Waals surface area contributed by atoms with Gasteiger partial charge in [0.2, 0.25) is 0 Å².